The van der Waals surface area contributed by atoms with Crippen molar-refractivity contribution in [3.05, 3.63) is 29.8 Å². The standard InChI is InChI=1S/C21H27F3N2O3/c1-19(2,3)14-7-10-17-16(12-14)20(28,21(22,23)24)26(25-17)18(27)11-13-5-8-15(29-4)9-6-13/h5-6,8-9,14,16,28H,7,10-12H2,1-4H3/t14-,16+,20+/m0/s1. The molecule has 0 bridgehead atoms. The number of alkyl halides is 3. The van der Waals surface area contributed by atoms with Crippen LogP contribution in [-0.4, -0.2) is 40.7 Å². The normalized spacial score (nSPS) is 27.4. The lowest BCUT2D eigenvalue weighted by molar-refractivity contribution is -0.318. The van der Waals surface area contributed by atoms with Crippen LogP contribution in [0, 0.1) is 17.3 Å². The molecule has 1 amide bonds. The first-order valence-electron chi connectivity index (χ1n) is 9.70. The summed E-state index contributed by atoms with van der Waals surface area (Å²) in [6.07, 6.45) is -4.14. The van der Waals surface area contributed by atoms with Crippen LogP contribution in [0.25, 0.3) is 0 Å². The molecule has 5 nitrogen and oxygen atoms in total. The van der Waals surface area contributed by atoms with Crippen LogP contribution in [0.1, 0.15) is 45.6 Å². The largest absolute Gasteiger partial charge is 0.497 e. The number of ether oxygens (including phenoxy) is 1. The van der Waals surface area contributed by atoms with E-state index in [4.69, 9.17) is 4.74 Å². The van der Waals surface area contributed by atoms with Crippen LogP contribution in [-0.2, 0) is 11.2 Å². The fraction of sp³-hybridized carbons (Fsp3) is 0.619. The first-order valence-corrected chi connectivity index (χ1v) is 9.70. The number of amides is 1. The molecule has 160 valence electrons. The number of nitrogens with zero attached hydrogens (tertiary/aromatic N) is 2. The van der Waals surface area contributed by atoms with E-state index in [0.29, 0.717) is 24.2 Å². The van der Waals surface area contributed by atoms with Crippen molar-refractivity contribution in [1.29, 1.82) is 0 Å². The summed E-state index contributed by atoms with van der Waals surface area (Å²) in [5.41, 5.74) is -2.73. The zero-order valence-electron chi connectivity index (χ0n) is 17.1. The summed E-state index contributed by atoms with van der Waals surface area (Å²) in [7, 11) is 1.50. The predicted molar refractivity (Wildman–Crippen MR) is 102 cm³/mol. The summed E-state index contributed by atoms with van der Waals surface area (Å²) in [5.74, 6) is -1.55. The molecule has 0 unspecified atom stereocenters. The highest BCUT2D eigenvalue weighted by Gasteiger charge is 2.69. The molecule has 1 aliphatic heterocycles. The Kier molecular flexibility index (Phi) is 5.45. The molecular weight excluding hydrogens is 385 g/mol. The molecule has 1 fully saturated rings. The van der Waals surface area contributed by atoms with Crippen molar-refractivity contribution < 1.29 is 27.8 Å². The van der Waals surface area contributed by atoms with Gasteiger partial charge in [0.15, 0.2) is 0 Å². The number of hydrogen-bond acceptors (Lipinski definition) is 4. The molecule has 0 radical (unpaired) electrons. The Morgan fingerprint density at radius 1 is 1.28 bits per heavy atom. The van der Waals surface area contributed by atoms with Gasteiger partial charge >= 0.3 is 6.18 Å². The van der Waals surface area contributed by atoms with Gasteiger partial charge in [-0.2, -0.15) is 23.3 Å². The van der Waals surface area contributed by atoms with Crippen molar-refractivity contribution >= 4 is 11.6 Å². The number of carbonyl (C=O) groups excluding carboxylic acids is 1. The number of rotatable bonds is 3. The van der Waals surface area contributed by atoms with Crippen molar-refractivity contribution in [3.8, 4) is 5.75 Å². The lowest BCUT2D eigenvalue weighted by Gasteiger charge is -2.42. The van der Waals surface area contributed by atoms with E-state index in [1.165, 1.54) is 7.11 Å². The molecule has 3 rings (SSSR count). The Balaban J connectivity index is 1.89. The second-order valence-corrected chi connectivity index (χ2v) is 8.94. The van der Waals surface area contributed by atoms with Crippen molar-refractivity contribution in [2.24, 2.45) is 22.4 Å². The number of benzene rings is 1. The van der Waals surface area contributed by atoms with E-state index in [2.05, 4.69) is 5.10 Å². The smallest absolute Gasteiger partial charge is 0.439 e. The molecule has 3 atom stereocenters. The average molecular weight is 412 g/mol. The van der Waals surface area contributed by atoms with Crippen molar-refractivity contribution in [3.63, 3.8) is 0 Å². The fourth-order valence-corrected chi connectivity index (χ4v) is 4.25. The van der Waals surface area contributed by atoms with Crippen LogP contribution in [0.2, 0.25) is 0 Å². The second-order valence-electron chi connectivity index (χ2n) is 8.94. The third-order valence-electron chi connectivity index (χ3n) is 6.10. The van der Waals surface area contributed by atoms with Crippen molar-refractivity contribution in [2.75, 3.05) is 7.11 Å². The van der Waals surface area contributed by atoms with Gasteiger partial charge in [0.05, 0.1) is 19.4 Å². The predicted octanol–water partition coefficient (Wildman–Crippen LogP) is 4.15. The highest BCUT2D eigenvalue weighted by Crippen LogP contribution is 2.51. The number of hydrogen-bond donors (Lipinski definition) is 1. The van der Waals surface area contributed by atoms with Crippen molar-refractivity contribution in [1.82, 2.24) is 5.01 Å². The lowest BCUT2D eigenvalue weighted by atomic mass is 9.66. The van der Waals surface area contributed by atoms with E-state index < -0.39 is 23.7 Å². The van der Waals surface area contributed by atoms with E-state index in [-0.39, 0.29) is 34.9 Å². The molecule has 1 aromatic rings. The van der Waals surface area contributed by atoms with E-state index in [1.807, 2.05) is 20.8 Å². The zero-order chi connectivity index (χ0) is 21.6. The number of fused-ring (bicyclic) bond motifs is 1. The van der Waals surface area contributed by atoms with Gasteiger partial charge in [0, 0.05) is 5.71 Å². The van der Waals surface area contributed by atoms with Gasteiger partial charge < -0.3 is 9.84 Å². The Labute approximate surface area is 168 Å². The van der Waals surface area contributed by atoms with Gasteiger partial charge in [0.1, 0.15) is 5.75 Å². The van der Waals surface area contributed by atoms with Crippen LogP contribution in [0.15, 0.2) is 29.4 Å². The molecule has 8 heteroatoms. The minimum Gasteiger partial charge on any atom is -0.497 e. The highest BCUT2D eigenvalue weighted by molar-refractivity contribution is 5.93. The lowest BCUT2D eigenvalue weighted by Crippen LogP contribution is -2.62. The molecular formula is C21H27F3N2O3. The summed E-state index contributed by atoms with van der Waals surface area (Å²) >= 11 is 0. The molecule has 29 heavy (non-hydrogen) atoms. The van der Waals surface area contributed by atoms with Crippen molar-refractivity contribution in [2.45, 2.75) is 58.4 Å². The van der Waals surface area contributed by atoms with E-state index in [0.717, 1.165) is 0 Å². The van der Waals surface area contributed by atoms with E-state index >= 15 is 0 Å². The maximum Gasteiger partial charge on any atom is 0.439 e. The van der Waals surface area contributed by atoms with Gasteiger partial charge in [-0.1, -0.05) is 32.9 Å². The van der Waals surface area contributed by atoms with Crippen LogP contribution in [0.4, 0.5) is 13.2 Å². The number of hydrazone groups is 1. The summed E-state index contributed by atoms with van der Waals surface area (Å²) in [4.78, 5) is 12.8. The summed E-state index contributed by atoms with van der Waals surface area (Å²) < 4.78 is 47.2. The van der Waals surface area contributed by atoms with Gasteiger partial charge in [-0.25, -0.2) is 0 Å². The quantitative estimate of drug-likeness (QED) is 0.811. The number of methoxy groups -OCH3 is 1. The average Bonchev–Trinajstić information content (AvgIpc) is 2.95. The van der Waals surface area contributed by atoms with E-state index in [1.54, 1.807) is 24.3 Å². The Hall–Kier alpha value is -2.09. The van der Waals surface area contributed by atoms with Gasteiger partial charge in [0.25, 0.3) is 5.72 Å². The monoisotopic (exact) mass is 412 g/mol. The molecule has 0 aromatic heterocycles. The maximum atomic E-state index is 14.1. The van der Waals surface area contributed by atoms with Gasteiger partial charge in [-0.15, -0.1) is 0 Å². The number of carbonyl (C=O) groups is 1. The fourth-order valence-electron chi connectivity index (χ4n) is 4.25. The minimum atomic E-state index is -5.02. The van der Waals surface area contributed by atoms with Crippen LogP contribution in [0.3, 0.4) is 0 Å². The van der Waals surface area contributed by atoms with Gasteiger partial charge in [-0.3, -0.25) is 4.79 Å². The molecule has 2 aliphatic rings. The first kappa shape index (κ1) is 21.6. The molecule has 1 saturated carbocycles. The Morgan fingerprint density at radius 3 is 2.41 bits per heavy atom. The molecule has 1 aromatic carbocycles. The summed E-state index contributed by atoms with van der Waals surface area (Å²) in [6, 6.07) is 6.47. The Bertz CT molecular complexity index is 799. The number of halogens is 3. The number of aliphatic hydroxyl groups is 1. The van der Waals surface area contributed by atoms with Gasteiger partial charge in [0.2, 0.25) is 5.91 Å². The Morgan fingerprint density at radius 2 is 1.90 bits per heavy atom. The first-order chi connectivity index (χ1) is 13.4. The third kappa shape index (κ3) is 3.86. The molecule has 1 heterocycles. The maximum absolute atomic E-state index is 14.1. The summed E-state index contributed by atoms with van der Waals surface area (Å²) in [5, 5.41) is 15.1. The minimum absolute atomic E-state index is 0.00281. The third-order valence-corrected chi connectivity index (χ3v) is 6.10. The van der Waals surface area contributed by atoms with Crippen LogP contribution in [0.5, 0.6) is 5.75 Å². The zero-order valence-corrected chi connectivity index (χ0v) is 17.1. The van der Waals surface area contributed by atoms with Gasteiger partial charge in [-0.05, 0) is 48.3 Å². The van der Waals surface area contributed by atoms with Crippen LogP contribution < -0.4 is 4.74 Å². The topological polar surface area (TPSA) is 62.1 Å². The molecule has 1 N–H and O–H groups in total. The molecule has 0 saturated heterocycles. The van der Waals surface area contributed by atoms with Crippen LogP contribution >= 0.6 is 0 Å². The summed E-state index contributed by atoms with van der Waals surface area (Å²) in [6.45, 7) is 5.94. The highest BCUT2D eigenvalue weighted by atomic mass is 19.4. The second kappa shape index (κ2) is 7.31. The van der Waals surface area contributed by atoms with E-state index in [9.17, 15) is 23.1 Å². The SMILES string of the molecule is COc1ccc(CC(=O)N2N=C3CC[C@H](C(C)(C)C)C[C@H]3[C@@]2(O)C(F)(F)F)cc1. The molecule has 1 aliphatic carbocycles. The molecule has 0 spiro atoms.